The molecule has 1 heterocycles. The van der Waals surface area contributed by atoms with E-state index in [2.05, 4.69) is 5.32 Å². The van der Waals surface area contributed by atoms with Crippen LogP contribution in [0.5, 0.6) is 0 Å². The van der Waals surface area contributed by atoms with Crippen LogP contribution < -0.4 is 5.32 Å². The van der Waals surface area contributed by atoms with E-state index in [0.29, 0.717) is 11.1 Å². The molecule has 6 rings (SSSR count). The Hall–Kier alpha value is 0.243. The van der Waals surface area contributed by atoms with Crippen LogP contribution in [0.4, 0.5) is 9.59 Å². The van der Waals surface area contributed by atoms with Crippen molar-refractivity contribution in [1.82, 2.24) is 5.32 Å². The average molecular weight is 1480 g/mol. The number of aliphatic hydroxyl groups excluding tert-OH is 1. The number of ketones is 1. The summed E-state index contributed by atoms with van der Waals surface area (Å²) in [5.74, 6) is -4.22. The van der Waals surface area contributed by atoms with Gasteiger partial charge in [-0.3, -0.25) is 4.79 Å². The number of hydrogen-bond donors (Lipinski definition) is 4. The van der Waals surface area contributed by atoms with Crippen molar-refractivity contribution in [3.8, 4) is 0 Å². The van der Waals surface area contributed by atoms with Crippen LogP contribution in [0.1, 0.15) is 64.6 Å². The number of halogens is 6. The Balaban J connectivity index is 0.00000490. The first-order valence-corrected chi connectivity index (χ1v) is 22.9. The Morgan fingerprint density at radius 2 is 1.49 bits per heavy atom. The molecule has 3 aliphatic carbocycles. The van der Waals surface area contributed by atoms with Gasteiger partial charge in [0.1, 0.15) is 43.9 Å². The Bertz CT molecular complexity index is 2120. The molecule has 2 bridgehead atoms. The number of aliphatic hydroxyl groups is 3. The molecular weight excluding hydrogens is 1430 g/mol. The van der Waals surface area contributed by atoms with Gasteiger partial charge < -0.3 is 53.8 Å². The molecule has 15 nitrogen and oxygen atoms in total. The third-order valence-electron chi connectivity index (χ3n) is 13.4. The summed E-state index contributed by atoms with van der Waals surface area (Å²) in [5.41, 5.74) is -5.68. The monoisotopic (exact) mass is 1480 g/mol. The quantitative estimate of drug-likeness (QED) is 0.0386. The Labute approximate surface area is 490 Å². The first-order valence-electron chi connectivity index (χ1n) is 20.6. The second kappa shape index (κ2) is 23.6. The second-order valence-corrected chi connectivity index (χ2v) is 22.7. The standard InChI is InChI=1S/C44H51Cl6NO14.2Ac/c1-23-27(64-36(54)33(63-22-59-20-43(45,46)47)31(26-14-10-7-11-15-26)51-37(55)60-18-25-12-8-6-9-13-25)17-42(58)24(2)34-40(5,35(53)32(52)30(23)39(42,3)4)28(16-29-41(34,57)19-61-29)65-38(56)62-21-44(48,49)50;;/h6-15,24,27-29,31-34,52,57-58H,16-22H2,1-5H3,(H,51,55);;/t24?,27?,28?,29?,31?,32?,33?,34?,40-,41?,42?;;/m1../s1. The molecule has 11 atom stereocenters. The van der Waals surface area contributed by atoms with Crippen molar-refractivity contribution in [3.63, 3.8) is 0 Å². The van der Waals surface area contributed by atoms with Crippen LogP contribution in [0, 0.1) is 111 Å². The SMILES string of the molecule is CC1=C2C(O)C(=O)[C@]3(C)C(OC(=O)OCC(Cl)(Cl)Cl)CC4OCC4(O)C3C(C)C(O)(CC1OC(=O)C(OCOCC(Cl)(Cl)Cl)C(NC(=O)OCc1ccccc1)c1ccccc1)C2(C)C.[Ac].[Ac]. The predicted octanol–water partition coefficient (Wildman–Crippen LogP) is 7.40. The summed E-state index contributed by atoms with van der Waals surface area (Å²) in [6.45, 7) is 5.83. The van der Waals surface area contributed by atoms with Gasteiger partial charge in [0.25, 0.3) is 0 Å². The van der Waals surface area contributed by atoms with Crippen LogP contribution in [0.2, 0.25) is 0 Å². The Morgan fingerprint density at radius 3 is 2.06 bits per heavy atom. The number of amides is 1. The van der Waals surface area contributed by atoms with Gasteiger partial charge >= 0.3 is 18.2 Å². The molecule has 2 aromatic rings. The summed E-state index contributed by atoms with van der Waals surface area (Å²) in [6, 6.07) is 16.0. The van der Waals surface area contributed by atoms with Gasteiger partial charge in [-0.1, -0.05) is 151 Å². The van der Waals surface area contributed by atoms with Crippen molar-refractivity contribution in [3.05, 3.63) is 82.9 Å². The first kappa shape index (κ1) is 59.8. The molecule has 67 heavy (non-hydrogen) atoms. The molecule has 0 aromatic heterocycles. The molecule has 2 saturated carbocycles. The fourth-order valence-corrected chi connectivity index (χ4v) is 10.6. The van der Waals surface area contributed by atoms with Gasteiger partial charge in [-0.25, -0.2) is 14.4 Å². The normalized spacial score (nSPS) is 30.7. The molecule has 2 radical (unpaired) electrons. The van der Waals surface area contributed by atoms with Gasteiger partial charge in [0, 0.05) is 112 Å². The maximum atomic E-state index is 15.1. The number of alkyl carbamates (subject to hydrolysis) is 1. The molecule has 23 heteroatoms. The van der Waals surface area contributed by atoms with Crippen LogP contribution in [-0.4, -0.2) is 115 Å². The predicted molar refractivity (Wildman–Crippen MR) is 238 cm³/mol. The fraction of sp³-hybridized carbons (Fsp3) is 0.591. The number of hydrogen-bond acceptors (Lipinski definition) is 14. The smallest absolute Gasteiger partial charge is 0.456 e. The zero-order valence-corrected chi connectivity index (χ0v) is 51.1. The average Bonchev–Trinajstić information content (AvgIpc) is 3.23. The van der Waals surface area contributed by atoms with Crippen molar-refractivity contribution < 1.29 is 156 Å². The molecule has 4 N–H and O–H groups in total. The zero-order chi connectivity index (χ0) is 47.9. The van der Waals surface area contributed by atoms with Gasteiger partial charge in [-0.15, -0.1) is 0 Å². The number of ether oxygens (including phenoxy) is 7. The largest absolute Gasteiger partial charge is 0.508 e. The molecule has 3 fully saturated rings. The molecule has 1 saturated heterocycles. The van der Waals surface area contributed by atoms with E-state index >= 15 is 4.79 Å². The van der Waals surface area contributed by atoms with Gasteiger partial charge in [-0.2, -0.15) is 0 Å². The minimum atomic E-state index is -2.00. The van der Waals surface area contributed by atoms with Crippen molar-refractivity contribution in [2.45, 2.75) is 109 Å². The third kappa shape index (κ3) is 13.0. The molecule has 0 spiro atoms. The number of nitrogens with one attached hydrogen (secondary N) is 1. The van der Waals surface area contributed by atoms with Crippen molar-refractivity contribution in [2.75, 3.05) is 26.6 Å². The van der Waals surface area contributed by atoms with Crippen molar-refractivity contribution >= 4 is 93.6 Å². The van der Waals surface area contributed by atoms with E-state index in [-0.39, 0.29) is 125 Å². The molecule has 1 aliphatic heterocycles. The Kier molecular flexibility index (Phi) is 21.1. The number of benzene rings is 2. The van der Waals surface area contributed by atoms with E-state index in [9.17, 15) is 29.7 Å². The number of carbonyl (C=O) groups is 4. The summed E-state index contributed by atoms with van der Waals surface area (Å²) in [6.07, 6.45) is -10.1. The maximum absolute atomic E-state index is 15.1. The van der Waals surface area contributed by atoms with Gasteiger partial charge in [0.15, 0.2) is 11.9 Å². The number of Topliss-reactive ketones (excluding diaryl/α,β-unsaturated/α-hetero) is 1. The van der Waals surface area contributed by atoms with Crippen LogP contribution in [0.15, 0.2) is 71.8 Å². The van der Waals surface area contributed by atoms with Gasteiger partial charge in [-0.05, 0) is 42.0 Å². The fourth-order valence-electron chi connectivity index (χ4n) is 10.2. The van der Waals surface area contributed by atoms with Crippen molar-refractivity contribution in [2.24, 2.45) is 22.7 Å². The number of esters is 1. The van der Waals surface area contributed by atoms with Crippen LogP contribution in [0.25, 0.3) is 0 Å². The molecule has 4 aliphatic rings. The van der Waals surface area contributed by atoms with Gasteiger partial charge in [0.05, 0.1) is 36.4 Å². The Morgan fingerprint density at radius 1 is 0.896 bits per heavy atom. The van der Waals surface area contributed by atoms with E-state index in [1.54, 1.807) is 82.3 Å². The molecule has 1 amide bonds. The second-order valence-electron chi connectivity index (χ2n) is 17.6. The van der Waals surface area contributed by atoms with Gasteiger partial charge in [0.2, 0.25) is 7.59 Å². The topological polar surface area (TPSA) is 206 Å². The van der Waals surface area contributed by atoms with E-state index < -0.39 is 122 Å². The molecule has 364 valence electrons. The number of rotatable bonds is 13. The van der Waals surface area contributed by atoms with E-state index in [0.717, 1.165) is 0 Å². The first-order chi connectivity index (χ1) is 30.2. The number of alkyl halides is 6. The minimum Gasteiger partial charge on any atom is -0.456 e. The molecule has 10 unspecified atom stereocenters. The maximum Gasteiger partial charge on any atom is 0.508 e. The number of carbonyl (C=O) groups excluding carboxylic acids is 4. The summed E-state index contributed by atoms with van der Waals surface area (Å²) in [7, 11) is 0. The van der Waals surface area contributed by atoms with E-state index in [4.69, 9.17) is 103 Å². The van der Waals surface area contributed by atoms with Crippen molar-refractivity contribution in [1.29, 1.82) is 0 Å². The summed E-state index contributed by atoms with van der Waals surface area (Å²) < 4.78 is 35.9. The zero-order valence-electron chi connectivity index (χ0n) is 37.1. The summed E-state index contributed by atoms with van der Waals surface area (Å²) >= 11 is 35.0. The molecule has 2 aromatic carbocycles. The van der Waals surface area contributed by atoms with E-state index in [1.807, 2.05) is 6.07 Å². The summed E-state index contributed by atoms with van der Waals surface area (Å²) in [4.78, 5) is 56.3. The minimum absolute atomic E-state index is 0. The van der Waals surface area contributed by atoms with Crippen LogP contribution in [-0.2, 0) is 49.4 Å². The number of fused-ring (bicyclic) bond motifs is 5. The van der Waals surface area contributed by atoms with E-state index in [1.165, 1.54) is 6.92 Å². The van der Waals surface area contributed by atoms with Crippen LogP contribution in [0.3, 0.4) is 0 Å². The third-order valence-corrected chi connectivity index (χ3v) is 14.1. The van der Waals surface area contributed by atoms with Crippen LogP contribution >= 0.6 is 69.6 Å². The summed E-state index contributed by atoms with van der Waals surface area (Å²) in [5, 5.41) is 40.7. The molecular formula is C44H51Ac2Cl6NO14.